The van der Waals surface area contributed by atoms with Gasteiger partial charge in [-0.05, 0) is 42.8 Å². The Labute approximate surface area is 173 Å². The van der Waals surface area contributed by atoms with Crippen LogP contribution in [0.25, 0.3) is 0 Å². The van der Waals surface area contributed by atoms with E-state index < -0.39 is 18.0 Å². The van der Waals surface area contributed by atoms with Gasteiger partial charge in [0.2, 0.25) is 5.91 Å². The lowest BCUT2D eigenvalue weighted by atomic mass is 10.2. The summed E-state index contributed by atoms with van der Waals surface area (Å²) in [4.78, 5) is 35.1. The molecular formula is C20H21ClN2O4S. The summed E-state index contributed by atoms with van der Waals surface area (Å²) in [6, 6.07) is 14.1. The Kier molecular flexibility index (Phi) is 8.35. The van der Waals surface area contributed by atoms with Crippen LogP contribution < -0.4 is 10.6 Å². The second-order valence-electron chi connectivity index (χ2n) is 5.96. The molecule has 0 saturated heterocycles. The van der Waals surface area contributed by atoms with E-state index in [9.17, 15) is 14.4 Å². The molecule has 6 nitrogen and oxygen atoms in total. The van der Waals surface area contributed by atoms with Gasteiger partial charge in [-0.2, -0.15) is 0 Å². The number of ether oxygens (including phenoxy) is 1. The number of rotatable bonds is 8. The molecule has 0 saturated carbocycles. The Balaban J connectivity index is 1.75. The van der Waals surface area contributed by atoms with Crippen molar-refractivity contribution in [1.82, 2.24) is 0 Å². The zero-order valence-corrected chi connectivity index (χ0v) is 17.1. The van der Waals surface area contributed by atoms with Gasteiger partial charge in [0.15, 0.2) is 6.10 Å². The van der Waals surface area contributed by atoms with Crippen molar-refractivity contribution >= 4 is 52.5 Å². The number of benzene rings is 2. The van der Waals surface area contributed by atoms with E-state index in [1.165, 1.54) is 25.6 Å². The highest BCUT2D eigenvalue weighted by atomic mass is 35.5. The van der Waals surface area contributed by atoms with Crippen LogP contribution in [0.2, 0.25) is 5.02 Å². The molecule has 2 N–H and O–H groups in total. The average Bonchev–Trinajstić information content (AvgIpc) is 2.64. The van der Waals surface area contributed by atoms with Crippen LogP contribution in [0.5, 0.6) is 0 Å². The van der Waals surface area contributed by atoms with Gasteiger partial charge in [0.25, 0.3) is 5.91 Å². The summed E-state index contributed by atoms with van der Waals surface area (Å²) in [5.74, 6) is -0.383. The topological polar surface area (TPSA) is 84.5 Å². The second kappa shape index (κ2) is 10.7. The molecule has 0 bridgehead atoms. The number of thioether (sulfide) groups is 1. The van der Waals surface area contributed by atoms with Crippen LogP contribution in [-0.2, 0) is 24.9 Å². The Morgan fingerprint density at radius 1 is 1.04 bits per heavy atom. The number of hydrogen-bond acceptors (Lipinski definition) is 5. The number of amides is 2. The third-order valence-electron chi connectivity index (χ3n) is 3.59. The molecule has 0 aliphatic heterocycles. The van der Waals surface area contributed by atoms with Crippen LogP contribution in [-0.4, -0.2) is 29.6 Å². The van der Waals surface area contributed by atoms with E-state index in [1.807, 2.05) is 18.2 Å². The zero-order chi connectivity index (χ0) is 20.5. The highest BCUT2D eigenvalue weighted by Crippen LogP contribution is 2.21. The second-order valence-corrected chi connectivity index (χ2v) is 7.36. The maximum absolute atomic E-state index is 12.2. The minimum atomic E-state index is -0.927. The molecule has 0 aliphatic carbocycles. The molecule has 0 unspecified atom stereocenters. The normalized spacial score (nSPS) is 11.4. The molecule has 2 aromatic rings. The van der Waals surface area contributed by atoms with Crippen molar-refractivity contribution in [2.75, 3.05) is 16.4 Å². The molecule has 0 heterocycles. The van der Waals surface area contributed by atoms with Gasteiger partial charge in [0.1, 0.15) is 0 Å². The summed E-state index contributed by atoms with van der Waals surface area (Å²) in [6.45, 7) is 2.93. The lowest BCUT2D eigenvalue weighted by Crippen LogP contribution is -2.30. The number of esters is 1. The molecule has 2 amide bonds. The van der Waals surface area contributed by atoms with Crippen LogP contribution in [0.1, 0.15) is 19.4 Å². The standard InChI is InChI=1S/C20H21ClN2O4S/c1-13(20(26)23-17-9-7-16(8-10-17)22-14(2)24)27-19(25)12-28-11-15-5-3-4-6-18(15)21/h3-10,13H,11-12H2,1-2H3,(H,22,24)(H,23,26)/t13-/m0/s1. The van der Waals surface area contributed by atoms with Gasteiger partial charge in [-0.15, -0.1) is 11.8 Å². The molecule has 0 spiro atoms. The molecule has 0 radical (unpaired) electrons. The van der Waals surface area contributed by atoms with Gasteiger partial charge in [-0.1, -0.05) is 29.8 Å². The maximum atomic E-state index is 12.2. The quantitative estimate of drug-likeness (QED) is 0.628. The summed E-state index contributed by atoms with van der Waals surface area (Å²) in [7, 11) is 0. The van der Waals surface area contributed by atoms with E-state index in [-0.39, 0.29) is 11.7 Å². The fourth-order valence-corrected chi connectivity index (χ4v) is 3.32. The first-order valence-electron chi connectivity index (χ1n) is 8.54. The lowest BCUT2D eigenvalue weighted by molar-refractivity contribution is -0.150. The smallest absolute Gasteiger partial charge is 0.316 e. The van der Waals surface area contributed by atoms with Crippen molar-refractivity contribution in [3.63, 3.8) is 0 Å². The van der Waals surface area contributed by atoms with E-state index in [1.54, 1.807) is 30.3 Å². The van der Waals surface area contributed by atoms with E-state index in [0.29, 0.717) is 22.2 Å². The van der Waals surface area contributed by atoms with E-state index >= 15 is 0 Å². The first kappa shape index (κ1) is 21.8. The first-order valence-corrected chi connectivity index (χ1v) is 10.1. The van der Waals surface area contributed by atoms with Crippen molar-refractivity contribution in [3.05, 3.63) is 59.1 Å². The number of carbonyl (C=O) groups excluding carboxylic acids is 3. The fourth-order valence-electron chi connectivity index (χ4n) is 2.23. The molecule has 0 aliphatic rings. The van der Waals surface area contributed by atoms with Gasteiger partial charge >= 0.3 is 5.97 Å². The van der Waals surface area contributed by atoms with Gasteiger partial charge < -0.3 is 15.4 Å². The molecule has 2 rings (SSSR count). The number of halogens is 1. The Hall–Kier alpha value is -2.51. The van der Waals surface area contributed by atoms with Crippen LogP contribution >= 0.6 is 23.4 Å². The highest BCUT2D eigenvalue weighted by Gasteiger charge is 2.18. The third kappa shape index (κ3) is 7.25. The van der Waals surface area contributed by atoms with Crippen molar-refractivity contribution in [2.45, 2.75) is 25.7 Å². The minimum Gasteiger partial charge on any atom is -0.452 e. The van der Waals surface area contributed by atoms with Crippen molar-refractivity contribution in [1.29, 1.82) is 0 Å². The molecule has 148 valence electrons. The molecule has 1 atom stereocenters. The Morgan fingerprint density at radius 3 is 2.25 bits per heavy atom. The molecule has 28 heavy (non-hydrogen) atoms. The van der Waals surface area contributed by atoms with Crippen LogP contribution in [0.4, 0.5) is 11.4 Å². The van der Waals surface area contributed by atoms with Gasteiger partial charge in [-0.3, -0.25) is 14.4 Å². The number of nitrogens with one attached hydrogen (secondary N) is 2. The zero-order valence-electron chi connectivity index (χ0n) is 15.5. The van der Waals surface area contributed by atoms with Crippen LogP contribution in [0.3, 0.4) is 0 Å². The SMILES string of the molecule is CC(=O)Nc1ccc(NC(=O)[C@H](C)OC(=O)CSCc2ccccc2Cl)cc1. The van der Waals surface area contributed by atoms with Crippen LogP contribution in [0.15, 0.2) is 48.5 Å². The van der Waals surface area contributed by atoms with Crippen LogP contribution in [0, 0.1) is 0 Å². The maximum Gasteiger partial charge on any atom is 0.316 e. The molecule has 0 fully saturated rings. The van der Waals surface area contributed by atoms with Gasteiger partial charge in [0.05, 0.1) is 5.75 Å². The average molecular weight is 421 g/mol. The molecular weight excluding hydrogens is 400 g/mol. The number of hydrogen-bond donors (Lipinski definition) is 2. The summed E-state index contributed by atoms with van der Waals surface area (Å²) in [5, 5.41) is 5.95. The summed E-state index contributed by atoms with van der Waals surface area (Å²) in [6.07, 6.45) is -0.927. The molecule has 2 aromatic carbocycles. The Bertz CT molecular complexity index is 842. The van der Waals surface area contributed by atoms with Crippen molar-refractivity contribution in [2.24, 2.45) is 0 Å². The fraction of sp³-hybridized carbons (Fsp3) is 0.250. The molecule has 0 aromatic heterocycles. The predicted molar refractivity (Wildman–Crippen MR) is 113 cm³/mol. The van der Waals surface area contributed by atoms with Gasteiger partial charge in [-0.25, -0.2) is 0 Å². The summed E-state index contributed by atoms with van der Waals surface area (Å²) < 4.78 is 5.17. The largest absolute Gasteiger partial charge is 0.452 e. The predicted octanol–water partition coefficient (Wildman–Crippen LogP) is 4.10. The van der Waals surface area contributed by atoms with E-state index in [2.05, 4.69) is 10.6 Å². The third-order valence-corrected chi connectivity index (χ3v) is 4.91. The summed E-state index contributed by atoms with van der Waals surface area (Å²) >= 11 is 7.44. The first-order chi connectivity index (χ1) is 13.3. The Morgan fingerprint density at radius 2 is 1.64 bits per heavy atom. The summed E-state index contributed by atoms with van der Waals surface area (Å²) in [5.41, 5.74) is 2.10. The van der Waals surface area contributed by atoms with Crippen molar-refractivity contribution < 1.29 is 19.1 Å². The van der Waals surface area contributed by atoms with E-state index in [0.717, 1.165) is 5.56 Å². The highest BCUT2D eigenvalue weighted by molar-refractivity contribution is 7.99. The van der Waals surface area contributed by atoms with Gasteiger partial charge in [0, 0.05) is 29.1 Å². The van der Waals surface area contributed by atoms with Crippen molar-refractivity contribution in [3.8, 4) is 0 Å². The number of anilines is 2. The number of carbonyl (C=O) groups is 3. The minimum absolute atomic E-state index is 0.119. The molecule has 8 heteroatoms. The monoisotopic (exact) mass is 420 g/mol. The van der Waals surface area contributed by atoms with E-state index in [4.69, 9.17) is 16.3 Å². The lowest BCUT2D eigenvalue weighted by Gasteiger charge is -2.14.